The van der Waals surface area contributed by atoms with Crippen LogP contribution in [0.4, 0.5) is 5.69 Å². The van der Waals surface area contributed by atoms with Gasteiger partial charge < -0.3 is 21.1 Å². The largest absolute Gasteiger partial charge is 0.491 e. The molecule has 0 atom stereocenters. The first kappa shape index (κ1) is 18.3. The molecule has 0 unspecified atom stereocenters. The second-order valence-corrected chi connectivity index (χ2v) is 5.79. The number of benzene rings is 2. The first-order valence-corrected chi connectivity index (χ1v) is 8.12. The predicted molar refractivity (Wildman–Crippen MR) is 101 cm³/mol. The highest BCUT2D eigenvalue weighted by atomic mass is 16.5. The van der Waals surface area contributed by atoms with E-state index in [4.69, 9.17) is 10.5 Å². The Morgan fingerprint density at radius 1 is 1.12 bits per heavy atom. The van der Waals surface area contributed by atoms with Crippen molar-refractivity contribution < 1.29 is 9.53 Å². The molecule has 6 heteroatoms. The van der Waals surface area contributed by atoms with E-state index in [2.05, 4.69) is 15.6 Å². The van der Waals surface area contributed by atoms with Gasteiger partial charge in [0, 0.05) is 18.3 Å². The molecule has 0 saturated heterocycles. The van der Waals surface area contributed by atoms with Crippen molar-refractivity contribution in [3.05, 3.63) is 59.7 Å². The molecule has 2 aromatic carbocycles. The third-order valence-electron chi connectivity index (χ3n) is 3.37. The molecular weight excluding hydrogens is 316 g/mol. The maximum Gasteiger partial charge on any atom is 0.251 e. The lowest BCUT2D eigenvalue weighted by molar-refractivity contribution is 0.0963. The van der Waals surface area contributed by atoms with Gasteiger partial charge in [0.1, 0.15) is 5.75 Å². The maximum atomic E-state index is 11.5. The van der Waals surface area contributed by atoms with Crippen molar-refractivity contribution >= 4 is 17.6 Å². The molecule has 0 bridgehead atoms. The van der Waals surface area contributed by atoms with Crippen LogP contribution in [0, 0.1) is 0 Å². The van der Waals surface area contributed by atoms with Crippen LogP contribution < -0.4 is 21.1 Å². The van der Waals surface area contributed by atoms with E-state index in [-0.39, 0.29) is 12.0 Å². The Labute approximate surface area is 148 Å². The molecular formula is C19H24N4O2. The van der Waals surface area contributed by atoms with Crippen molar-refractivity contribution in [3.63, 3.8) is 0 Å². The number of aliphatic imine (C=N–C) groups is 1. The van der Waals surface area contributed by atoms with Crippen molar-refractivity contribution in [2.45, 2.75) is 26.5 Å². The van der Waals surface area contributed by atoms with E-state index in [0.717, 1.165) is 17.0 Å². The van der Waals surface area contributed by atoms with Crippen LogP contribution in [0.25, 0.3) is 0 Å². The molecule has 6 nitrogen and oxygen atoms in total. The Morgan fingerprint density at radius 2 is 1.76 bits per heavy atom. The Balaban J connectivity index is 1.92. The summed E-state index contributed by atoms with van der Waals surface area (Å²) in [5.74, 6) is 1.03. The maximum absolute atomic E-state index is 11.5. The third kappa shape index (κ3) is 5.84. The number of guanidine groups is 1. The van der Waals surface area contributed by atoms with E-state index < -0.39 is 0 Å². The normalized spacial score (nSPS) is 11.3. The van der Waals surface area contributed by atoms with E-state index in [9.17, 15) is 4.79 Å². The van der Waals surface area contributed by atoms with Gasteiger partial charge in [-0.2, -0.15) is 0 Å². The summed E-state index contributed by atoms with van der Waals surface area (Å²) < 4.78 is 5.60. The first-order chi connectivity index (χ1) is 12.0. The van der Waals surface area contributed by atoms with Crippen molar-refractivity contribution in [1.29, 1.82) is 0 Å². The summed E-state index contributed by atoms with van der Waals surface area (Å²) in [5.41, 5.74) is 8.34. The molecule has 0 fully saturated rings. The molecule has 0 heterocycles. The predicted octanol–water partition coefficient (Wildman–Crippen LogP) is 2.76. The number of nitrogens with one attached hydrogen (secondary N) is 2. The van der Waals surface area contributed by atoms with E-state index in [1.165, 1.54) is 0 Å². The van der Waals surface area contributed by atoms with Crippen LogP contribution in [0.15, 0.2) is 53.5 Å². The van der Waals surface area contributed by atoms with Gasteiger partial charge in [0.2, 0.25) is 0 Å². The van der Waals surface area contributed by atoms with E-state index >= 15 is 0 Å². The topological polar surface area (TPSA) is 88.7 Å². The summed E-state index contributed by atoms with van der Waals surface area (Å²) in [6.07, 6.45) is 0.139. The number of nitrogens with zero attached hydrogens (tertiary/aromatic N) is 1. The van der Waals surface area contributed by atoms with Crippen LogP contribution >= 0.6 is 0 Å². The van der Waals surface area contributed by atoms with Crippen LogP contribution in [-0.4, -0.2) is 25.0 Å². The third-order valence-corrected chi connectivity index (χ3v) is 3.37. The smallest absolute Gasteiger partial charge is 0.251 e. The van der Waals surface area contributed by atoms with Crippen molar-refractivity contribution in [3.8, 4) is 5.75 Å². The number of hydrogen-bond acceptors (Lipinski definition) is 3. The van der Waals surface area contributed by atoms with E-state index in [1.54, 1.807) is 19.2 Å². The number of nitrogens with two attached hydrogens (primary N) is 1. The summed E-state index contributed by atoms with van der Waals surface area (Å²) >= 11 is 0. The fraction of sp³-hybridized carbons (Fsp3) is 0.263. The molecule has 1 amide bonds. The average molecular weight is 340 g/mol. The Bertz CT molecular complexity index is 722. The quantitative estimate of drug-likeness (QED) is 0.557. The molecule has 0 aromatic heterocycles. The lowest BCUT2D eigenvalue weighted by atomic mass is 10.1. The van der Waals surface area contributed by atoms with Gasteiger partial charge in [-0.05, 0) is 55.8 Å². The Hall–Kier alpha value is -3.02. The molecule has 0 aliphatic rings. The van der Waals surface area contributed by atoms with Gasteiger partial charge >= 0.3 is 0 Å². The lowest BCUT2D eigenvalue weighted by Gasteiger charge is -2.11. The zero-order valence-corrected chi connectivity index (χ0v) is 14.7. The lowest BCUT2D eigenvalue weighted by Crippen LogP contribution is -2.22. The van der Waals surface area contributed by atoms with Gasteiger partial charge in [0.25, 0.3) is 5.91 Å². The number of carbonyl (C=O) groups excluding carboxylic acids is 1. The number of rotatable bonds is 6. The molecule has 0 spiro atoms. The first-order valence-electron chi connectivity index (χ1n) is 8.12. The highest BCUT2D eigenvalue weighted by Gasteiger charge is 2.02. The molecule has 2 aromatic rings. The van der Waals surface area contributed by atoms with Crippen LogP contribution in [0.2, 0.25) is 0 Å². The summed E-state index contributed by atoms with van der Waals surface area (Å²) in [6.45, 7) is 4.40. The summed E-state index contributed by atoms with van der Waals surface area (Å²) in [5, 5.41) is 5.63. The van der Waals surface area contributed by atoms with E-state index in [0.29, 0.717) is 18.1 Å². The molecule has 2 rings (SSSR count). The minimum atomic E-state index is -0.110. The SMILES string of the molecule is CNC(=O)c1ccc(CN=C(N)Nc2ccc(OC(C)C)cc2)cc1. The van der Waals surface area contributed by atoms with Crippen LogP contribution in [0.1, 0.15) is 29.8 Å². The number of ether oxygens (including phenoxy) is 1. The van der Waals surface area contributed by atoms with Crippen LogP contribution in [0.5, 0.6) is 5.75 Å². The molecule has 25 heavy (non-hydrogen) atoms. The molecule has 0 saturated carbocycles. The minimum Gasteiger partial charge on any atom is -0.491 e. The highest BCUT2D eigenvalue weighted by molar-refractivity contribution is 5.94. The van der Waals surface area contributed by atoms with Gasteiger partial charge in [-0.25, -0.2) is 4.99 Å². The number of hydrogen-bond donors (Lipinski definition) is 3. The molecule has 0 aliphatic carbocycles. The summed E-state index contributed by atoms with van der Waals surface area (Å²) in [6, 6.07) is 14.8. The fourth-order valence-electron chi connectivity index (χ4n) is 2.16. The second-order valence-electron chi connectivity index (χ2n) is 5.79. The average Bonchev–Trinajstić information content (AvgIpc) is 2.61. The Morgan fingerprint density at radius 3 is 2.32 bits per heavy atom. The zero-order valence-electron chi connectivity index (χ0n) is 14.7. The molecule has 4 N–H and O–H groups in total. The standard InChI is InChI=1S/C19H24N4O2/c1-13(2)25-17-10-8-16(9-11-17)23-19(20)22-12-14-4-6-15(7-5-14)18(24)21-3/h4-11,13H,12H2,1-3H3,(H,21,24)(H3,20,22,23). The van der Waals surface area contributed by atoms with Crippen molar-refractivity contribution in [2.24, 2.45) is 10.7 Å². The fourth-order valence-corrected chi connectivity index (χ4v) is 2.16. The summed E-state index contributed by atoms with van der Waals surface area (Å²) in [7, 11) is 1.61. The van der Waals surface area contributed by atoms with Gasteiger partial charge in [0.15, 0.2) is 5.96 Å². The van der Waals surface area contributed by atoms with Gasteiger partial charge in [-0.1, -0.05) is 12.1 Å². The van der Waals surface area contributed by atoms with Gasteiger partial charge in [-0.15, -0.1) is 0 Å². The number of anilines is 1. The number of carbonyl (C=O) groups is 1. The van der Waals surface area contributed by atoms with Crippen LogP contribution in [0.3, 0.4) is 0 Å². The van der Waals surface area contributed by atoms with E-state index in [1.807, 2.05) is 50.2 Å². The number of amides is 1. The molecule has 132 valence electrons. The molecule has 0 aliphatic heterocycles. The minimum absolute atomic E-state index is 0.110. The molecule has 0 radical (unpaired) electrons. The second kappa shape index (κ2) is 8.73. The zero-order chi connectivity index (χ0) is 18.2. The Kier molecular flexibility index (Phi) is 6.39. The van der Waals surface area contributed by atoms with Gasteiger partial charge in [0.05, 0.1) is 12.6 Å². The van der Waals surface area contributed by atoms with Gasteiger partial charge in [-0.3, -0.25) is 4.79 Å². The van der Waals surface area contributed by atoms with Crippen LogP contribution in [-0.2, 0) is 6.54 Å². The monoisotopic (exact) mass is 340 g/mol. The summed E-state index contributed by atoms with van der Waals surface area (Å²) in [4.78, 5) is 15.8. The highest BCUT2D eigenvalue weighted by Crippen LogP contribution is 2.16. The van der Waals surface area contributed by atoms with Crippen molar-refractivity contribution in [2.75, 3.05) is 12.4 Å². The van der Waals surface area contributed by atoms with Crippen molar-refractivity contribution in [1.82, 2.24) is 5.32 Å².